The molecule has 0 spiro atoms. The summed E-state index contributed by atoms with van der Waals surface area (Å²) in [7, 11) is 0. The molecule has 1 saturated heterocycles. The number of phenols is 1. The van der Waals surface area contributed by atoms with Gasteiger partial charge in [0.1, 0.15) is 5.75 Å². The van der Waals surface area contributed by atoms with E-state index in [1.54, 1.807) is 29.2 Å². The molecule has 0 aliphatic carbocycles. The molecule has 1 aliphatic rings. The van der Waals surface area contributed by atoms with Crippen LogP contribution in [0.4, 0.5) is 18.0 Å². The van der Waals surface area contributed by atoms with Crippen LogP contribution in [0.5, 0.6) is 5.75 Å². The second-order valence-electron chi connectivity index (χ2n) is 7.32. The van der Waals surface area contributed by atoms with Gasteiger partial charge in [-0.25, -0.2) is 4.79 Å². The van der Waals surface area contributed by atoms with Crippen molar-refractivity contribution in [1.29, 1.82) is 0 Å². The zero-order chi connectivity index (χ0) is 21.6. The molecule has 1 heterocycles. The number of urea groups is 1. The molecule has 1 fully saturated rings. The van der Waals surface area contributed by atoms with Crippen molar-refractivity contribution in [2.24, 2.45) is 0 Å². The van der Waals surface area contributed by atoms with Crippen molar-refractivity contribution in [3.63, 3.8) is 0 Å². The Kier molecular flexibility index (Phi) is 7.20. The predicted molar refractivity (Wildman–Crippen MR) is 106 cm³/mol. The Morgan fingerprint density at radius 2 is 1.90 bits per heavy atom. The zero-order valence-electron chi connectivity index (χ0n) is 16.5. The van der Waals surface area contributed by atoms with Crippen molar-refractivity contribution in [2.45, 2.75) is 38.1 Å². The number of alkyl halides is 3. The summed E-state index contributed by atoms with van der Waals surface area (Å²) in [4.78, 5) is 14.3. The predicted octanol–water partition coefficient (Wildman–Crippen LogP) is 4.34. The maximum absolute atomic E-state index is 12.8. The maximum atomic E-state index is 12.8. The number of amides is 2. The van der Waals surface area contributed by atoms with E-state index in [2.05, 4.69) is 5.32 Å². The van der Waals surface area contributed by atoms with Crippen LogP contribution in [0.3, 0.4) is 0 Å². The van der Waals surface area contributed by atoms with Crippen LogP contribution in [0.2, 0.25) is 0 Å². The normalized spacial score (nSPS) is 16.4. The van der Waals surface area contributed by atoms with Crippen LogP contribution < -0.4 is 5.32 Å². The van der Waals surface area contributed by atoms with Crippen LogP contribution in [0.15, 0.2) is 48.5 Å². The Morgan fingerprint density at radius 1 is 1.17 bits per heavy atom. The van der Waals surface area contributed by atoms with E-state index < -0.39 is 11.7 Å². The average Bonchev–Trinajstić information content (AvgIpc) is 3.22. The summed E-state index contributed by atoms with van der Waals surface area (Å²) in [5.41, 5.74) is 0.642. The number of carbonyl (C=O) groups is 1. The van der Waals surface area contributed by atoms with Crippen molar-refractivity contribution >= 4 is 6.03 Å². The summed E-state index contributed by atoms with van der Waals surface area (Å²) < 4.78 is 43.6. The van der Waals surface area contributed by atoms with Gasteiger partial charge in [-0.15, -0.1) is 0 Å². The molecule has 2 aromatic carbocycles. The number of para-hydroxylation sites is 1. The SMILES string of the molecule is O=C(NCCc1ccc(C(F)(F)F)cc1)N(Cc1ccccc1O)CC1CCCO1. The Labute approximate surface area is 173 Å². The van der Waals surface area contributed by atoms with E-state index in [0.717, 1.165) is 25.0 Å². The number of halogens is 3. The van der Waals surface area contributed by atoms with Crippen molar-refractivity contribution in [3.8, 4) is 5.75 Å². The summed E-state index contributed by atoms with van der Waals surface area (Å²) in [5, 5.41) is 12.9. The van der Waals surface area contributed by atoms with E-state index in [-0.39, 0.29) is 31.0 Å². The molecule has 3 rings (SSSR count). The minimum atomic E-state index is -4.36. The molecule has 2 aromatic rings. The highest BCUT2D eigenvalue weighted by molar-refractivity contribution is 5.74. The third-order valence-electron chi connectivity index (χ3n) is 5.06. The van der Waals surface area contributed by atoms with Gasteiger partial charge in [-0.05, 0) is 43.0 Å². The quantitative estimate of drug-likeness (QED) is 0.698. The fourth-order valence-electron chi connectivity index (χ4n) is 3.39. The Balaban J connectivity index is 1.57. The largest absolute Gasteiger partial charge is 0.508 e. The first-order valence-electron chi connectivity index (χ1n) is 9.90. The first-order valence-corrected chi connectivity index (χ1v) is 9.90. The molecule has 0 aromatic heterocycles. The molecule has 30 heavy (non-hydrogen) atoms. The fourth-order valence-corrected chi connectivity index (χ4v) is 3.39. The molecule has 1 unspecified atom stereocenters. The molecule has 8 heteroatoms. The van der Waals surface area contributed by atoms with E-state index in [9.17, 15) is 23.1 Å². The summed E-state index contributed by atoms with van der Waals surface area (Å²) >= 11 is 0. The van der Waals surface area contributed by atoms with Crippen LogP contribution in [-0.4, -0.2) is 41.8 Å². The lowest BCUT2D eigenvalue weighted by Gasteiger charge is -2.26. The molecule has 2 N–H and O–H groups in total. The number of carbonyl (C=O) groups excluding carboxylic acids is 1. The highest BCUT2D eigenvalue weighted by Gasteiger charge is 2.30. The number of nitrogens with zero attached hydrogens (tertiary/aromatic N) is 1. The van der Waals surface area contributed by atoms with E-state index in [1.807, 2.05) is 0 Å². The van der Waals surface area contributed by atoms with Gasteiger partial charge >= 0.3 is 12.2 Å². The van der Waals surface area contributed by atoms with Gasteiger partial charge in [-0.2, -0.15) is 13.2 Å². The summed E-state index contributed by atoms with van der Waals surface area (Å²) in [6, 6.07) is 11.5. The first kappa shape index (κ1) is 22.0. The van der Waals surface area contributed by atoms with Crippen LogP contribution in [0.25, 0.3) is 0 Å². The molecule has 1 aliphatic heterocycles. The van der Waals surface area contributed by atoms with E-state index >= 15 is 0 Å². The Hall–Kier alpha value is -2.74. The van der Waals surface area contributed by atoms with Gasteiger partial charge in [0.2, 0.25) is 0 Å². The monoisotopic (exact) mass is 422 g/mol. The second-order valence-corrected chi connectivity index (χ2v) is 7.32. The molecule has 5 nitrogen and oxygen atoms in total. The Morgan fingerprint density at radius 3 is 2.53 bits per heavy atom. The summed E-state index contributed by atoms with van der Waals surface area (Å²) in [6.07, 6.45) is -2.18. The van der Waals surface area contributed by atoms with Crippen LogP contribution >= 0.6 is 0 Å². The van der Waals surface area contributed by atoms with E-state index in [0.29, 0.717) is 30.7 Å². The highest BCUT2D eigenvalue weighted by atomic mass is 19.4. The number of rotatable bonds is 7. The van der Waals surface area contributed by atoms with Gasteiger partial charge in [0.05, 0.1) is 18.2 Å². The number of hydrogen-bond acceptors (Lipinski definition) is 3. The third-order valence-corrected chi connectivity index (χ3v) is 5.06. The number of ether oxygens (including phenoxy) is 1. The molecule has 0 saturated carbocycles. The molecule has 0 radical (unpaired) electrons. The minimum Gasteiger partial charge on any atom is -0.508 e. The number of aromatic hydroxyl groups is 1. The third kappa shape index (κ3) is 6.13. The van der Waals surface area contributed by atoms with Crippen molar-refractivity contribution in [1.82, 2.24) is 10.2 Å². The maximum Gasteiger partial charge on any atom is 0.416 e. The summed E-state index contributed by atoms with van der Waals surface area (Å²) in [5.74, 6) is 0.118. The summed E-state index contributed by atoms with van der Waals surface area (Å²) in [6.45, 7) is 1.59. The van der Waals surface area contributed by atoms with Gasteiger partial charge in [0.15, 0.2) is 0 Å². The van der Waals surface area contributed by atoms with Crippen molar-refractivity contribution in [3.05, 3.63) is 65.2 Å². The second kappa shape index (κ2) is 9.84. The van der Waals surface area contributed by atoms with Gasteiger partial charge in [-0.3, -0.25) is 0 Å². The lowest BCUT2D eigenvalue weighted by Crippen LogP contribution is -2.43. The van der Waals surface area contributed by atoms with Crippen LogP contribution in [0.1, 0.15) is 29.5 Å². The standard InChI is InChI=1S/C22H25F3N2O3/c23-22(24,25)18-9-7-16(8-10-18)11-12-26-21(29)27(15-19-5-3-13-30-19)14-17-4-1-2-6-20(17)28/h1-2,4,6-10,19,28H,3,5,11-15H2,(H,26,29). The molecule has 2 amide bonds. The molecule has 162 valence electrons. The lowest BCUT2D eigenvalue weighted by molar-refractivity contribution is -0.137. The number of phenolic OH excluding ortho intramolecular Hbond substituents is 1. The zero-order valence-corrected chi connectivity index (χ0v) is 16.5. The van der Waals surface area contributed by atoms with Gasteiger partial charge in [0, 0.05) is 25.3 Å². The van der Waals surface area contributed by atoms with Gasteiger partial charge < -0.3 is 20.1 Å². The van der Waals surface area contributed by atoms with Crippen LogP contribution in [-0.2, 0) is 23.9 Å². The van der Waals surface area contributed by atoms with E-state index in [4.69, 9.17) is 4.74 Å². The van der Waals surface area contributed by atoms with E-state index in [1.165, 1.54) is 12.1 Å². The lowest BCUT2D eigenvalue weighted by atomic mass is 10.1. The minimum absolute atomic E-state index is 0.0449. The van der Waals surface area contributed by atoms with Crippen molar-refractivity contribution < 1.29 is 27.8 Å². The molecule has 1 atom stereocenters. The molecular weight excluding hydrogens is 397 g/mol. The first-order chi connectivity index (χ1) is 14.3. The number of benzene rings is 2. The topological polar surface area (TPSA) is 61.8 Å². The molecular formula is C22H25F3N2O3. The van der Waals surface area contributed by atoms with Crippen LogP contribution in [0, 0.1) is 0 Å². The van der Waals surface area contributed by atoms with Gasteiger partial charge in [-0.1, -0.05) is 30.3 Å². The number of hydrogen-bond donors (Lipinski definition) is 2. The Bertz CT molecular complexity index is 834. The van der Waals surface area contributed by atoms with Gasteiger partial charge in [0.25, 0.3) is 0 Å². The smallest absolute Gasteiger partial charge is 0.416 e. The van der Waals surface area contributed by atoms with Crippen molar-refractivity contribution in [2.75, 3.05) is 19.7 Å². The molecule has 0 bridgehead atoms. The average molecular weight is 422 g/mol. The fraction of sp³-hybridized carbons (Fsp3) is 0.409. The highest BCUT2D eigenvalue weighted by Crippen LogP contribution is 2.29. The number of nitrogens with one attached hydrogen (secondary N) is 1.